The number of aryl methyl sites for hydroxylation is 2. The van der Waals surface area contributed by atoms with Crippen molar-refractivity contribution in [2.24, 2.45) is 0 Å². The van der Waals surface area contributed by atoms with Gasteiger partial charge in [-0.05, 0) is 0 Å². The molecule has 0 aliphatic rings. The van der Waals surface area contributed by atoms with Gasteiger partial charge in [-0.2, -0.15) is 46.5 Å². The van der Waals surface area contributed by atoms with Gasteiger partial charge in [0.05, 0.1) is 0 Å². The van der Waals surface area contributed by atoms with Gasteiger partial charge in [-0.1, -0.05) is 85.6 Å². The molecule has 0 aliphatic heterocycles. The van der Waals surface area contributed by atoms with Crippen molar-refractivity contribution in [3.8, 4) is 22.3 Å². The first-order valence-corrected chi connectivity index (χ1v) is 17.5. The Morgan fingerprint density at radius 2 is 0.967 bits per heavy atom. The van der Waals surface area contributed by atoms with Gasteiger partial charge >= 0.3 is 53.0 Å². The second-order valence-electron chi connectivity index (χ2n) is 7.35. The Balaban J connectivity index is 0.000000171. The number of benzene rings is 2. The van der Waals surface area contributed by atoms with Crippen LogP contribution in [0.2, 0.25) is 0 Å². The third kappa shape index (κ3) is 8.69. The average molecular weight is 515 g/mol. The minimum atomic E-state index is -1.84. The summed E-state index contributed by atoms with van der Waals surface area (Å²) in [5, 5.41) is 0. The molecule has 0 N–H and O–H groups in total. The maximum absolute atomic E-state index is 5.54. The summed E-state index contributed by atoms with van der Waals surface area (Å²) < 4.78 is 1.24. The van der Waals surface area contributed by atoms with Crippen molar-refractivity contribution in [2.45, 2.75) is 27.7 Å². The predicted molar refractivity (Wildman–Crippen MR) is 132 cm³/mol. The molecule has 0 fully saturated rings. The van der Waals surface area contributed by atoms with Gasteiger partial charge in [-0.15, -0.1) is 0 Å². The van der Waals surface area contributed by atoms with Crippen molar-refractivity contribution in [1.82, 2.24) is 0 Å². The van der Waals surface area contributed by atoms with E-state index in [1.165, 1.54) is 36.6 Å². The second-order valence-corrected chi connectivity index (χ2v) is 16.7. The molecule has 0 spiro atoms. The monoisotopic (exact) mass is 512 g/mol. The van der Waals surface area contributed by atoms with Crippen molar-refractivity contribution < 1.29 is 18.9 Å². The molecule has 0 atom stereocenters. The molecule has 0 heterocycles. The van der Waals surface area contributed by atoms with Gasteiger partial charge in [0, 0.05) is 0 Å². The van der Waals surface area contributed by atoms with Gasteiger partial charge in [0.1, 0.15) is 0 Å². The van der Waals surface area contributed by atoms with E-state index in [4.69, 9.17) is 17.0 Å². The average Bonchev–Trinajstić information content (AvgIpc) is 3.39. The van der Waals surface area contributed by atoms with Crippen LogP contribution in [0.15, 0.2) is 97.1 Å². The normalized spacial score (nSPS) is 9.67. The Morgan fingerprint density at radius 3 is 1.20 bits per heavy atom. The maximum atomic E-state index is 5.54. The minimum Gasteiger partial charge on any atom is -0.203 e. The molecule has 0 nitrogen and oxygen atoms in total. The summed E-state index contributed by atoms with van der Waals surface area (Å²) in [4.78, 5) is 0. The van der Waals surface area contributed by atoms with E-state index < -0.39 is 18.9 Å². The Morgan fingerprint density at radius 1 is 0.633 bits per heavy atom. The Kier molecular flexibility index (Phi) is 10.7. The fourth-order valence-corrected chi connectivity index (χ4v) is 2.75. The van der Waals surface area contributed by atoms with Crippen LogP contribution in [0.5, 0.6) is 0 Å². The van der Waals surface area contributed by atoms with Gasteiger partial charge in [-0.3, -0.25) is 0 Å². The Labute approximate surface area is 196 Å². The molecule has 0 amide bonds. The zero-order valence-electron chi connectivity index (χ0n) is 18.0. The molecule has 156 valence electrons. The molecular formula is C27H28Cl2Zr-2. The quantitative estimate of drug-likeness (QED) is 0.234. The summed E-state index contributed by atoms with van der Waals surface area (Å²) in [5.41, 5.74) is 7.88. The Bertz CT molecular complexity index is 947. The van der Waals surface area contributed by atoms with Crippen molar-refractivity contribution in [3.63, 3.8) is 0 Å². The van der Waals surface area contributed by atoms with Crippen LogP contribution in [0, 0.1) is 13.8 Å². The molecule has 3 heteroatoms. The summed E-state index contributed by atoms with van der Waals surface area (Å²) >= 11 is -1.84. The molecule has 4 aromatic carbocycles. The SMILES string of the molecule is C[C](C)=[Zr]([Cl])[Cl].Cc1cc(-c2ccccc2)c[cH-]1.Cc1cc(-c2ccccc2)c[cH-]1. The zero-order valence-corrected chi connectivity index (χ0v) is 22.0. The third-order valence-electron chi connectivity index (χ3n) is 4.41. The molecule has 4 aromatic rings. The van der Waals surface area contributed by atoms with Crippen LogP contribution < -0.4 is 0 Å². The fourth-order valence-electron chi connectivity index (χ4n) is 2.75. The van der Waals surface area contributed by atoms with Gasteiger partial charge in [0.2, 0.25) is 0 Å². The van der Waals surface area contributed by atoms with E-state index in [1.807, 2.05) is 26.0 Å². The van der Waals surface area contributed by atoms with E-state index in [9.17, 15) is 0 Å². The molecule has 0 bridgehead atoms. The summed E-state index contributed by atoms with van der Waals surface area (Å²) in [6.07, 6.45) is 0. The summed E-state index contributed by atoms with van der Waals surface area (Å²) in [5.74, 6) is 0. The van der Waals surface area contributed by atoms with Crippen LogP contribution in [0.3, 0.4) is 0 Å². The molecule has 4 rings (SSSR count). The van der Waals surface area contributed by atoms with Crippen molar-refractivity contribution in [3.05, 3.63) is 108 Å². The van der Waals surface area contributed by atoms with Crippen LogP contribution in [0.25, 0.3) is 22.3 Å². The standard InChI is InChI=1S/2C12H11.C3H6.2ClH.Zr/c2*1-10-7-8-12(9-10)11-5-3-2-4-6-11;1-3-2;;;/h2*2-9H,1H3;1-2H3;2*1H;/q2*-1;;;;+2/p-2. The maximum Gasteiger partial charge on any atom is -0.0623 e. The first-order valence-electron chi connectivity index (χ1n) is 9.93. The minimum absolute atomic E-state index is 1.24. The second kappa shape index (κ2) is 13.0. The van der Waals surface area contributed by atoms with Crippen LogP contribution >= 0.6 is 17.0 Å². The third-order valence-corrected chi connectivity index (χ3v) is 10.7. The van der Waals surface area contributed by atoms with E-state index in [1.54, 1.807) is 0 Å². The van der Waals surface area contributed by atoms with Crippen LogP contribution in [-0.2, 0) is 18.9 Å². The van der Waals surface area contributed by atoms with E-state index in [0.29, 0.717) is 0 Å². The van der Waals surface area contributed by atoms with E-state index >= 15 is 0 Å². The molecule has 0 aromatic heterocycles. The Hall–Kier alpha value is -1.53. The van der Waals surface area contributed by atoms with Crippen molar-refractivity contribution >= 4 is 20.2 Å². The number of halogens is 2. The first kappa shape index (κ1) is 24.7. The van der Waals surface area contributed by atoms with E-state index in [-0.39, 0.29) is 0 Å². The van der Waals surface area contributed by atoms with Crippen LogP contribution in [-0.4, -0.2) is 3.21 Å². The topological polar surface area (TPSA) is 0 Å². The molecule has 30 heavy (non-hydrogen) atoms. The molecule has 0 unspecified atom stereocenters. The summed E-state index contributed by atoms with van der Waals surface area (Å²) in [6, 6.07) is 33.9. The molecule has 0 aliphatic carbocycles. The number of hydrogen-bond donors (Lipinski definition) is 0. The first-order chi connectivity index (χ1) is 14.4. The molecule has 0 radical (unpaired) electrons. The van der Waals surface area contributed by atoms with Gasteiger partial charge in [-0.25, -0.2) is 12.1 Å². The zero-order chi connectivity index (χ0) is 21.9. The van der Waals surface area contributed by atoms with E-state index in [0.717, 1.165) is 0 Å². The number of rotatable bonds is 2. The molecule has 0 saturated carbocycles. The van der Waals surface area contributed by atoms with Crippen molar-refractivity contribution in [1.29, 1.82) is 0 Å². The van der Waals surface area contributed by atoms with Crippen LogP contribution in [0.4, 0.5) is 0 Å². The summed E-state index contributed by atoms with van der Waals surface area (Å²) in [6.45, 7) is 8.20. The van der Waals surface area contributed by atoms with Gasteiger partial charge < -0.3 is 0 Å². The van der Waals surface area contributed by atoms with E-state index in [2.05, 4.69) is 98.8 Å². The van der Waals surface area contributed by atoms with Crippen LogP contribution in [0.1, 0.15) is 25.0 Å². The summed E-state index contributed by atoms with van der Waals surface area (Å²) in [7, 11) is 11.1. The molecular weight excluding hydrogens is 486 g/mol. The fraction of sp³-hybridized carbons (Fsp3) is 0.148. The molecule has 0 saturated heterocycles. The number of hydrogen-bond acceptors (Lipinski definition) is 0. The largest absolute Gasteiger partial charge is 0.203 e. The predicted octanol–water partition coefficient (Wildman–Crippen LogP) is 8.89. The van der Waals surface area contributed by atoms with Crippen molar-refractivity contribution in [2.75, 3.05) is 0 Å². The smallest absolute Gasteiger partial charge is 0.0623 e. The van der Waals surface area contributed by atoms with Gasteiger partial charge in [0.15, 0.2) is 0 Å². The van der Waals surface area contributed by atoms with Gasteiger partial charge in [0.25, 0.3) is 0 Å².